The summed E-state index contributed by atoms with van der Waals surface area (Å²) in [5, 5.41) is 0. The minimum atomic E-state index is -0.287. The van der Waals surface area contributed by atoms with Gasteiger partial charge >= 0.3 is 0 Å². The molecule has 0 aromatic heterocycles. The van der Waals surface area contributed by atoms with Crippen molar-refractivity contribution in [2.24, 2.45) is 17.8 Å². The van der Waals surface area contributed by atoms with Crippen LogP contribution in [0.15, 0.2) is 11.6 Å². The molecule has 0 aromatic carbocycles. The first-order valence-corrected chi connectivity index (χ1v) is 5.47. The molecule has 1 fully saturated rings. The zero-order chi connectivity index (χ0) is 11.2. The third kappa shape index (κ3) is 1.54. The second kappa shape index (κ2) is 3.72. The number of methoxy groups -OCH3 is 1. The summed E-state index contributed by atoms with van der Waals surface area (Å²) in [7, 11) is 1.64. The highest BCUT2D eigenvalue weighted by atomic mass is 16.7. The molecule has 2 aliphatic rings. The van der Waals surface area contributed by atoms with Gasteiger partial charge in [-0.3, -0.25) is 4.79 Å². The molecule has 0 amide bonds. The van der Waals surface area contributed by atoms with Crippen molar-refractivity contribution in [1.29, 1.82) is 0 Å². The first kappa shape index (κ1) is 10.8. The van der Waals surface area contributed by atoms with Crippen LogP contribution in [0.4, 0.5) is 0 Å². The van der Waals surface area contributed by atoms with Gasteiger partial charge in [-0.15, -0.1) is 0 Å². The molecule has 3 nitrogen and oxygen atoms in total. The van der Waals surface area contributed by atoms with Gasteiger partial charge in [-0.2, -0.15) is 0 Å². The molecule has 0 aromatic rings. The average Bonchev–Trinajstić information content (AvgIpc) is 2.49. The second-order valence-electron chi connectivity index (χ2n) is 4.77. The predicted molar refractivity (Wildman–Crippen MR) is 56.3 cm³/mol. The first-order valence-electron chi connectivity index (χ1n) is 5.47. The van der Waals surface area contributed by atoms with Crippen LogP contribution in [0.25, 0.3) is 0 Å². The summed E-state index contributed by atoms with van der Waals surface area (Å²) < 4.78 is 11.0. The van der Waals surface area contributed by atoms with Gasteiger partial charge in [0.1, 0.15) is 6.10 Å². The van der Waals surface area contributed by atoms with Gasteiger partial charge in [0.05, 0.1) is 0 Å². The molecule has 1 aliphatic heterocycles. The van der Waals surface area contributed by atoms with Crippen molar-refractivity contribution in [3.05, 3.63) is 11.6 Å². The van der Waals surface area contributed by atoms with Crippen molar-refractivity contribution in [1.82, 2.24) is 0 Å². The Morgan fingerprint density at radius 1 is 1.47 bits per heavy atom. The monoisotopic (exact) mass is 210 g/mol. The molecule has 0 unspecified atom stereocenters. The maximum Gasteiger partial charge on any atom is 0.187 e. The van der Waals surface area contributed by atoms with Gasteiger partial charge in [0.25, 0.3) is 0 Å². The van der Waals surface area contributed by atoms with Crippen LogP contribution in [-0.2, 0) is 14.3 Å². The molecule has 1 heterocycles. The van der Waals surface area contributed by atoms with E-state index in [1.807, 2.05) is 13.0 Å². The zero-order valence-corrected chi connectivity index (χ0v) is 9.69. The smallest absolute Gasteiger partial charge is 0.187 e. The lowest BCUT2D eigenvalue weighted by molar-refractivity contribution is -0.145. The molecule has 84 valence electrons. The van der Waals surface area contributed by atoms with E-state index in [9.17, 15) is 4.79 Å². The fourth-order valence-electron chi connectivity index (χ4n) is 2.74. The van der Waals surface area contributed by atoms with Gasteiger partial charge in [0.2, 0.25) is 0 Å². The topological polar surface area (TPSA) is 35.5 Å². The summed E-state index contributed by atoms with van der Waals surface area (Å²) in [5.41, 5.74) is 0.821. The number of ketones is 1. The maximum atomic E-state index is 11.9. The number of Topliss-reactive ketones (excluding diaryl/α,β-unsaturated/α-hetero) is 1. The summed E-state index contributed by atoms with van der Waals surface area (Å²) >= 11 is 0. The van der Waals surface area contributed by atoms with E-state index in [1.165, 1.54) is 0 Å². The summed E-state index contributed by atoms with van der Waals surface area (Å²) in [5.74, 6) is 1.07. The van der Waals surface area contributed by atoms with Crippen LogP contribution < -0.4 is 0 Å². The zero-order valence-electron chi connectivity index (χ0n) is 9.69. The predicted octanol–water partition coefficient (Wildman–Crippen LogP) is 1.78. The number of fused-ring (bicyclic) bond motifs is 2. The van der Waals surface area contributed by atoms with Crippen molar-refractivity contribution < 1.29 is 14.3 Å². The van der Waals surface area contributed by atoms with Crippen LogP contribution in [0.2, 0.25) is 0 Å². The lowest BCUT2D eigenvalue weighted by Crippen LogP contribution is -2.36. The van der Waals surface area contributed by atoms with E-state index >= 15 is 0 Å². The molecule has 15 heavy (non-hydrogen) atoms. The Morgan fingerprint density at radius 2 is 2.13 bits per heavy atom. The van der Waals surface area contributed by atoms with Gasteiger partial charge in [-0.25, -0.2) is 0 Å². The third-order valence-corrected chi connectivity index (χ3v) is 3.48. The van der Waals surface area contributed by atoms with E-state index in [4.69, 9.17) is 9.47 Å². The maximum absolute atomic E-state index is 11.9. The second-order valence-corrected chi connectivity index (χ2v) is 4.77. The molecule has 0 radical (unpaired) electrons. The quantitative estimate of drug-likeness (QED) is 0.697. The fraction of sp³-hybridized carbons (Fsp3) is 0.750. The SMILES string of the molecule is CO[C@H]1O[C@H]2C(=O)C(C)=C[C@@H]1[C@@H]2C(C)C. The Bertz CT molecular complexity index is 306. The van der Waals surface area contributed by atoms with E-state index in [2.05, 4.69) is 13.8 Å². The van der Waals surface area contributed by atoms with Crippen LogP contribution >= 0.6 is 0 Å². The van der Waals surface area contributed by atoms with E-state index in [-0.39, 0.29) is 30.0 Å². The molecule has 0 N–H and O–H groups in total. The van der Waals surface area contributed by atoms with Crippen molar-refractivity contribution in [3.8, 4) is 0 Å². The van der Waals surface area contributed by atoms with Crippen LogP contribution in [0.5, 0.6) is 0 Å². The number of hydrogen-bond acceptors (Lipinski definition) is 3. The first-order chi connectivity index (χ1) is 7.06. The Balaban J connectivity index is 2.35. The standard InChI is InChI=1S/C12H18O3/c1-6(2)9-8-5-7(3)10(13)11(9)15-12(8)14-4/h5-6,8-9,11-12H,1-4H3/t8-,9+,11-,12+/m1/s1. The molecule has 1 saturated heterocycles. The molecule has 2 rings (SSSR count). The molecule has 4 atom stereocenters. The highest BCUT2D eigenvalue weighted by molar-refractivity contribution is 5.99. The highest BCUT2D eigenvalue weighted by Gasteiger charge is 2.51. The Kier molecular flexibility index (Phi) is 2.69. The van der Waals surface area contributed by atoms with Crippen LogP contribution in [0.1, 0.15) is 20.8 Å². The minimum Gasteiger partial charge on any atom is -0.355 e. The van der Waals surface area contributed by atoms with Crippen molar-refractivity contribution in [2.45, 2.75) is 33.2 Å². The van der Waals surface area contributed by atoms with Crippen LogP contribution in [0.3, 0.4) is 0 Å². The van der Waals surface area contributed by atoms with Crippen LogP contribution in [-0.4, -0.2) is 25.3 Å². The van der Waals surface area contributed by atoms with Gasteiger partial charge < -0.3 is 9.47 Å². The van der Waals surface area contributed by atoms with Crippen molar-refractivity contribution in [3.63, 3.8) is 0 Å². The van der Waals surface area contributed by atoms with Gasteiger partial charge in [-0.05, 0) is 18.4 Å². The molecule has 0 spiro atoms. The number of carbonyl (C=O) groups excluding carboxylic acids is 1. The molecular weight excluding hydrogens is 192 g/mol. The summed E-state index contributed by atoms with van der Waals surface area (Å²) in [6.07, 6.45) is 1.48. The van der Waals surface area contributed by atoms with Crippen LogP contribution in [0, 0.1) is 17.8 Å². The largest absolute Gasteiger partial charge is 0.355 e. The van der Waals surface area contributed by atoms with Gasteiger partial charge in [0, 0.05) is 18.9 Å². The summed E-state index contributed by atoms with van der Waals surface area (Å²) in [6.45, 7) is 6.13. The number of ether oxygens (including phenoxy) is 2. The highest BCUT2D eigenvalue weighted by Crippen LogP contribution is 2.43. The lowest BCUT2D eigenvalue weighted by Gasteiger charge is -2.28. The molecule has 2 bridgehead atoms. The van der Waals surface area contributed by atoms with E-state index in [0.29, 0.717) is 5.92 Å². The molecule has 1 aliphatic carbocycles. The van der Waals surface area contributed by atoms with E-state index in [1.54, 1.807) is 7.11 Å². The van der Waals surface area contributed by atoms with E-state index < -0.39 is 0 Å². The third-order valence-electron chi connectivity index (χ3n) is 3.48. The Hall–Kier alpha value is -0.670. The summed E-state index contributed by atoms with van der Waals surface area (Å²) in [6, 6.07) is 0. The summed E-state index contributed by atoms with van der Waals surface area (Å²) in [4.78, 5) is 11.9. The van der Waals surface area contributed by atoms with E-state index in [0.717, 1.165) is 5.57 Å². The van der Waals surface area contributed by atoms with Gasteiger partial charge in [-0.1, -0.05) is 19.9 Å². The minimum absolute atomic E-state index is 0.129. The fourth-order valence-corrected chi connectivity index (χ4v) is 2.74. The molecule has 0 saturated carbocycles. The Labute approximate surface area is 90.4 Å². The molecular formula is C12H18O3. The Morgan fingerprint density at radius 3 is 2.67 bits per heavy atom. The number of hydrogen-bond donors (Lipinski definition) is 0. The number of carbonyl (C=O) groups is 1. The van der Waals surface area contributed by atoms with Crippen molar-refractivity contribution in [2.75, 3.05) is 7.11 Å². The normalized spacial score (nSPS) is 39.8. The van der Waals surface area contributed by atoms with Crippen molar-refractivity contribution >= 4 is 5.78 Å². The molecule has 3 heteroatoms. The lowest BCUT2D eigenvalue weighted by atomic mass is 9.74. The number of rotatable bonds is 2. The average molecular weight is 210 g/mol. The van der Waals surface area contributed by atoms with Gasteiger partial charge in [0.15, 0.2) is 12.1 Å².